The zero-order valence-corrected chi connectivity index (χ0v) is 9.66. The molecule has 1 N–H and O–H groups in total. The van der Waals surface area contributed by atoms with E-state index in [2.05, 4.69) is 9.03 Å². The van der Waals surface area contributed by atoms with Crippen LogP contribution in [0.15, 0.2) is 13.5 Å². The molecule has 1 unspecified atom stereocenters. The summed E-state index contributed by atoms with van der Waals surface area (Å²) in [5, 5.41) is 1.28. The van der Waals surface area contributed by atoms with Gasteiger partial charge in [-0.3, -0.25) is 9.88 Å². The van der Waals surface area contributed by atoms with Crippen LogP contribution < -0.4 is 5.09 Å². The van der Waals surface area contributed by atoms with E-state index in [-0.39, 0.29) is 0 Å². The lowest BCUT2D eigenvalue weighted by Crippen LogP contribution is -2.13. The number of amides is 1. The van der Waals surface area contributed by atoms with Crippen molar-refractivity contribution in [3.05, 3.63) is 0 Å². The van der Waals surface area contributed by atoms with E-state index < -0.39 is 29.2 Å². The second-order valence-electron chi connectivity index (χ2n) is 2.37. The Balaban J connectivity index is 3.36. The van der Waals surface area contributed by atoms with Crippen LogP contribution >= 0.6 is 23.3 Å². The van der Waals surface area contributed by atoms with E-state index in [1.54, 1.807) is 0 Å². The Labute approximate surface area is 81.4 Å². The fourth-order valence-corrected chi connectivity index (χ4v) is 6.18. The zero-order valence-electron chi connectivity index (χ0n) is 6.98. The van der Waals surface area contributed by atoms with Gasteiger partial charge in [0.1, 0.15) is 0 Å². The Morgan fingerprint density at radius 1 is 1.00 bits per heavy atom. The fourth-order valence-electron chi connectivity index (χ4n) is 0.713. The van der Waals surface area contributed by atoms with Gasteiger partial charge < -0.3 is 0 Å². The Morgan fingerprint density at radius 3 is 1.87 bits per heavy atom. The molecule has 88 valence electrons. The number of nitrogens with zero attached hydrogens (tertiary/aromatic N) is 3. The number of hydrogen-bond donors (Lipinski definition) is 1. The molecule has 1 heterocycles. The lowest BCUT2D eigenvalue weighted by atomic mass is 10.8. The topological polar surface area (TPSA) is 66.2 Å². The molecule has 0 aromatic heterocycles. The summed E-state index contributed by atoms with van der Waals surface area (Å²) in [6.45, 7) is 0.783. The number of carbonyl (C=O) groups excluding carboxylic acids is 1. The van der Waals surface area contributed by atoms with Gasteiger partial charge in [-0.1, -0.05) is 0 Å². The molecule has 15 heavy (non-hydrogen) atoms. The van der Waals surface area contributed by atoms with Crippen molar-refractivity contribution in [2.75, 3.05) is 0 Å². The number of hydrogen-bond acceptors (Lipinski definition) is 4. The molecule has 1 amide bonds. The summed E-state index contributed by atoms with van der Waals surface area (Å²) in [5.41, 5.74) is 0. The second kappa shape index (κ2) is 3.68. The van der Waals surface area contributed by atoms with Crippen LogP contribution in [-0.2, 0) is 4.79 Å². The van der Waals surface area contributed by atoms with Crippen molar-refractivity contribution in [1.82, 2.24) is 5.09 Å². The zero-order chi connectivity index (χ0) is 11.9. The molecule has 1 atom stereocenters. The summed E-state index contributed by atoms with van der Waals surface area (Å²) < 4.78 is 69.7. The van der Waals surface area contributed by atoms with Crippen LogP contribution in [0.25, 0.3) is 0 Å². The molecule has 1 aliphatic rings. The number of carbonyl (C=O) groups is 1. The Morgan fingerprint density at radius 2 is 1.47 bits per heavy atom. The summed E-state index contributed by atoms with van der Waals surface area (Å²) in [5.74, 6) is -1.10. The molecule has 0 spiro atoms. The maximum atomic E-state index is 13.3. The Kier molecular flexibility index (Phi) is 3.16. The number of halogens is 5. The molecule has 0 saturated heterocycles. The van der Waals surface area contributed by atoms with Gasteiger partial charge >= 0.3 is 23.3 Å². The van der Waals surface area contributed by atoms with Crippen molar-refractivity contribution >= 4 is 29.2 Å². The predicted octanol–water partition coefficient (Wildman–Crippen LogP) is 4.82. The summed E-state index contributed by atoms with van der Waals surface area (Å²) in [6, 6.07) is 0. The van der Waals surface area contributed by atoms with E-state index in [0.717, 1.165) is 6.92 Å². The van der Waals surface area contributed by atoms with E-state index in [0.29, 0.717) is 0 Å². The standard InChI is InChI=1S/C2H4F5N4OP3/c1-2(12)8-15(7)10-13(3,4)9-14(5,6)11-15/h1H3,(H,8,12). The molecular formula is C2H4F5N4OP3. The summed E-state index contributed by atoms with van der Waals surface area (Å²) in [7, 11) is -16.4. The second-order valence-corrected chi connectivity index (χ2v) is 7.62. The van der Waals surface area contributed by atoms with Gasteiger partial charge in [0, 0.05) is 6.92 Å². The van der Waals surface area contributed by atoms with Crippen molar-refractivity contribution < 1.29 is 25.8 Å². The van der Waals surface area contributed by atoms with Gasteiger partial charge in [-0.15, -0.1) is 30.3 Å². The third kappa shape index (κ3) is 3.70. The van der Waals surface area contributed by atoms with Gasteiger partial charge in [0.05, 0.1) is 0 Å². The first kappa shape index (κ1) is 12.9. The van der Waals surface area contributed by atoms with Gasteiger partial charge in [-0.2, -0.15) is 4.20 Å². The SMILES string of the molecule is CC(=O)NP1(F)=NP(F)(F)=NP(F)(F)=N1. The average Bonchev–Trinajstić information content (AvgIpc) is 1.70. The molecule has 5 nitrogen and oxygen atoms in total. The van der Waals surface area contributed by atoms with Crippen molar-refractivity contribution in [1.29, 1.82) is 0 Å². The molecule has 13 heteroatoms. The van der Waals surface area contributed by atoms with E-state index in [1.807, 2.05) is 4.52 Å². The minimum atomic E-state index is -5.72. The third-order valence-corrected chi connectivity index (χ3v) is 6.91. The average molecular weight is 288 g/mol. The lowest BCUT2D eigenvalue weighted by molar-refractivity contribution is -0.117. The van der Waals surface area contributed by atoms with Gasteiger partial charge in [0.25, 0.3) is 0 Å². The summed E-state index contributed by atoms with van der Waals surface area (Å²) >= 11 is 0. The summed E-state index contributed by atoms with van der Waals surface area (Å²) in [4.78, 5) is 10.4. The Bertz CT molecular complexity index is 451. The van der Waals surface area contributed by atoms with Gasteiger partial charge in [0.2, 0.25) is 5.91 Å². The van der Waals surface area contributed by atoms with Crippen molar-refractivity contribution in [3.8, 4) is 0 Å². The highest BCUT2D eigenvalue weighted by Gasteiger charge is 2.39. The maximum Gasteiger partial charge on any atom is 0.424 e. The fraction of sp³-hybridized carbons (Fsp3) is 0.500. The normalized spacial score (nSPS) is 31.9. The van der Waals surface area contributed by atoms with Crippen LogP contribution in [0.4, 0.5) is 21.0 Å². The quantitative estimate of drug-likeness (QED) is 0.545. The molecule has 1 rings (SSSR count). The van der Waals surface area contributed by atoms with Gasteiger partial charge in [0.15, 0.2) is 0 Å². The van der Waals surface area contributed by atoms with Crippen molar-refractivity contribution in [3.63, 3.8) is 0 Å². The Hall–Kier alpha value is -0.190. The highest BCUT2D eigenvalue weighted by atomic mass is 31.3. The van der Waals surface area contributed by atoms with Crippen LogP contribution in [-0.4, -0.2) is 5.91 Å². The van der Waals surface area contributed by atoms with E-state index in [4.69, 9.17) is 0 Å². The molecule has 0 saturated carbocycles. The first-order valence-electron chi connectivity index (χ1n) is 3.22. The van der Waals surface area contributed by atoms with E-state index in [1.165, 1.54) is 5.09 Å². The van der Waals surface area contributed by atoms with Gasteiger partial charge in [-0.05, 0) is 0 Å². The molecule has 0 bridgehead atoms. The van der Waals surface area contributed by atoms with Crippen molar-refractivity contribution in [2.45, 2.75) is 6.92 Å². The van der Waals surface area contributed by atoms with E-state index >= 15 is 0 Å². The molecule has 0 aromatic rings. The largest absolute Gasteiger partial charge is 0.424 e. The third-order valence-electron chi connectivity index (χ3n) is 0.967. The first-order chi connectivity index (χ1) is 6.54. The van der Waals surface area contributed by atoms with Crippen LogP contribution in [0, 0.1) is 0 Å². The molecule has 0 radical (unpaired) electrons. The van der Waals surface area contributed by atoms with Crippen LogP contribution in [0.1, 0.15) is 6.92 Å². The molecule has 1 aliphatic heterocycles. The number of rotatable bonds is 1. The highest BCUT2D eigenvalue weighted by Crippen LogP contribution is 2.80. The minimum absolute atomic E-state index is 0.783. The smallest absolute Gasteiger partial charge is 0.280 e. The number of nitrogens with one attached hydrogen (secondary N) is 1. The summed E-state index contributed by atoms with van der Waals surface area (Å²) in [6.07, 6.45) is 0. The van der Waals surface area contributed by atoms with Crippen LogP contribution in [0.2, 0.25) is 0 Å². The lowest BCUT2D eigenvalue weighted by Gasteiger charge is -2.16. The minimum Gasteiger partial charge on any atom is -0.280 e. The van der Waals surface area contributed by atoms with E-state index in [9.17, 15) is 25.8 Å². The van der Waals surface area contributed by atoms with Gasteiger partial charge in [-0.25, -0.2) is 0 Å². The molecule has 0 aliphatic carbocycles. The monoisotopic (exact) mass is 288 g/mol. The predicted molar refractivity (Wildman–Crippen MR) is 47.4 cm³/mol. The van der Waals surface area contributed by atoms with Crippen LogP contribution in [0.5, 0.6) is 0 Å². The first-order valence-corrected chi connectivity index (χ1v) is 7.76. The molecule has 0 aromatic carbocycles. The molecule has 0 fully saturated rings. The van der Waals surface area contributed by atoms with Crippen LogP contribution in [0.3, 0.4) is 0 Å². The molecular weight excluding hydrogens is 284 g/mol. The van der Waals surface area contributed by atoms with Crippen molar-refractivity contribution in [2.24, 2.45) is 13.5 Å². The highest BCUT2D eigenvalue weighted by molar-refractivity contribution is 7.78. The maximum absolute atomic E-state index is 13.3.